The summed E-state index contributed by atoms with van der Waals surface area (Å²) >= 11 is 0. The van der Waals surface area contributed by atoms with Crippen LogP contribution in [0.3, 0.4) is 0 Å². The monoisotopic (exact) mass is 162 g/mol. The van der Waals surface area contributed by atoms with E-state index in [1.807, 2.05) is 0 Å². The summed E-state index contributed by atoms with van der Waals surface area (Å²) in [5, 5.41) is 0. The van der Waals surface area contributed by atoms with Crippen molar-refractivity contribution in [3.8, 4) is 0 Å². The summed E-state index contributed by atoms with van der Waals surface area (Å²) in [5.41, 5.74) is 0.731. The van der Waals surface area contributed by atoms with E-state index in [0.29, 0.717) is 6.10 Å². The molecule has 2 atom stereocenters. The summed E-state index contributed by atoms with van der Waals surface area (Å²) < 4.78 is 5.48. The molecule has 0 aliphatic carbocycles. The Morgan fingerprint density at radius 2 is 1.80 bits per heavy atom. The van der Waals surface area contributed by atoms with Crippen LogP contribution in [0.25, 0.3) is 0 Å². The minimum absolute atomic E-state index is 0.162. The molecule has 1 nitrogen and oxygen atoms in total. The summed E-state index contributed by atoms with van der Waals surface area (Å²) in [6.45, 7) is 11.9. The van der Waals surface area contributed by atoms with E-state index in [1.165, 1.54) is 0 Å². The molecule has 0 aliphatic rings. The normalized spacial score (nSPS) is 17.4. The van der Waals surface area contributed by atoms with Crippen molar-refractivity contribution < 1.29 is 4.74 Å². The topological polar surface area (TPSA) is 9.23 Å². The molecular weight excluding hydrogens is 143 g/mol. The minimum Gasteiger partial charge on any atom is -0.378 e. The molecule has 0 saturated heterocycles. The lowest BCUT2D eigenvalue weighted by Gasteiger charge is -2.23. The fourth-order valence-electron chi connectivity index (χ4n) is 0.822. The van der Waals surface area contributed by atoms with Crippen LogP contribution in [0.15, 0.2) is 0 Å². The molecule has 0 aromatic carbocycles. The molecule has 0 N–H and O–H groups in total. The van der Waals surface area contributed by atoms with E-state index in [-0.39, 0.29) is 7.92 Å². The van der Waals surface area contributed by atoms with Crippen molar-refractivity contribution in [2.45, 2.75) is 32.5 Å². The highest BCUT2D eigenvalue weighted by Crippen LogP contribution is 2.34. The third kappa shape index (κ3) is 3.53. The van der Waals surface area contributed by atoms with E-state index in [0.717, 1.165) is 12.3 Å². The lowest BCUT2D eigenvalue weighted by atomic mass is 10.3. The number of ether oxygens (including phenoxy) is 1. The SMILES string of the molecule is CCOC(C)C(C)P(C)C. The second-order valence-corrected chi connectivity index (χ2v) is 5.61. The van der Waals surface area contributed by atoms with Crippen molar-refractivity contribution in [3.63, 3.8) is 0 Å². The van der Waals surface area contributed by atoms with Crippen LogP contribution in [0.1, 0.15) is 20.8 Å². The second-order valence-electron chi connectivity index (χ2n) is 2.86. The van der Waals surface area contributed by atoms with Gasteiger partial charge in [-0.3, -0.25) is 0 Å². The van der Waals surface area contributed by atoms with Gasteiger partial charge in [0.15, 0.2) is 0 Å². The first-order chi connectivity index (χ1) is 4.59. The van der Waals surface area contributed by atoms with Gasteiger partial charge >= 0.3 is 0 Å². The molecule has 0 aliphatic heterocycles. The van der Waals surface area contributed by atoms with Crippen LogP contribution in [0, 0.1) is 0 Å². The second kappa shape index (κ2) is 5.09. The highest BCUT2D eigenvalue weighted by atomic mass is 31.1. The molecule has 2 heteroatoms. The Morgan fingerprint density at radius 3 is 2.10 bits per heavy atom. The Labute approximate surface area is 65.9 Å². The van der Waals surface area contributed by atoms with Gasteiger partial charge in [-0.25, -0.2) is 0 Å². The van der Waals surface area contributed by atoms with Gasteiger partial charge in [0.2, 0.25) is 0 Å². The summed E-state index contributed by atoms with van der Waals surface area (Å²) in [5.74, 6) is 0. The summed E-state index contributed by atoms with van der Waals surface area (Å²) in [6.07, 6.45) is 0.436. The van der Waals surface area contributed by atoms with E-state index in [2.05, 4.69) is 34.1 Å². The fourth-order valence-corrected chi connectivity index (χ4v) is 1.75. The molecule has 0 aromatic rings. The fraction of sp³-hybridized carbons (Fsp3) is 1.00. The molecule has 0 rings (SSSR count). The van der Waals surface area contributed by atoms with Crippen molar-refractivity contribution in [1.82, 2.24) is 0 Å². The molecule has 2 unspecified atom stereocenters. The van der Waals surface area contributed by atoms with Crippen LogP contribution in [-0.4, -0.2) is 31.7 Å². The van der Waals surface area contributed by atoms with E-state index in [1.54, 1.807) is 0 Å². The molecule has 0 bridgehead atoms. The predicted octanol–water partition coefficient (Wildman–Crippen LogP) is 2.54. The van der Waals surface area contributed by atoms with Crippen LogP contribution in [-0.2, 0) is 4.74 Å². The van der Waals surface area contributed by atoms with Crippen molar-refractivity contribution in [2.75, 3.05) is 19.9 Å². The summed E-state index contributed by atoms with van der Waals surface area (Å²) in [7, 11) is 0.162. The van der Waals surface area contributed by atoms with Gasteiger partial charge in [0.25, 0.3) is 0 Å². The predicted molar refractivity (Wildman–Crippen MR) is 49.3 cm³/mol. The first kappa shape index (κ1) is 10.4. The Kier molecular flexibility index (Phi) is 5.29. The van der Waals surface area contributed by atoms with E-state index in [4.69, 9.17) is 4.74 Å². The van der Waals surface area contributed by atoms with Crippen LogP contribution >= 0.6 is 7.92 Å². The third-order valence-electron chi connectivity index (χ3n) is 1.92. The Bertz CT molecular complexity index is 83.3. The van der Waals surface area contributed by atoms with E-state index < -0.39 is 0 Å². The molecule has 0 saturated carbocycles. The highest BCUT2D eigenvalue weighted by Gasteiger charge is 2.14. The van der Waals surface area contributed by atoms with Gasteiger partial charge in [0, 0.05) is 12.3 Å². The Balaban J connectivity index is 3.58. The first-order valence-electron chi connectivity index (χ1n) is 3.87. The number of rotatable bonds is 4. The van der Waals surface area contributed by atoms with Gasteiger partial charge in [-0.1, -0.05) is 6.92 Å². The molecule has 0 aromatic heterocycles. The lowest BCUT2D eigenvalue weighted by molar-refractivity contribution is 0.0768. The maximum absolute atomic E-state index is 5.48. The van der Waals surface area contributed by atoms with Crippen LogP contribution in [0.2, 0.25) is 0 Å². The highest BCUT2D eigenvalue weighted by molar-refractivity contribution is 7.56. The summed E-state index contributed by atoms with van der Waals surface area (Å²) in [6, 6.07) is 0. The molecule has 0 spiro atoms. The van der Waals surface area contributed by atoms with Gasteiger partial charge in [-0.15, -0.1) is 7.92 Å². The molecule has 0 amide bonds. The van der Waals surface area contributed by atoms with E-state index >= 15 is 0 Å². The lowest BCUT2D eigenvalue weighted by Crippen LogP contribution is -2.21. The van der Waals surface area contributed by atoms with Gasteiger partial charge in [0.05, 0.1) is 6.10 Å². The Hall–Kier alpha value is 0.390. The maximum atomic E-state index is 5.48. The number of hydrogen-bond acceptors (Lipinski definition) is 1. The number of hydrogen-bond donors (Lipinski definition) is 0. The smallest absolute Gasteiger partial charge is 0.0611 e. The maximum Gasteiger partial charge on any atom is 0.0611 e. The zero-order valence-electron chi connectivity index (χ0n) is 7.72. The standard InChI is InChI=1S/C8H19OP/c1-6-9-7(2)8(3)10(4)5/h7-8H,6H2,1-5H3. The van der Waals surface area contributed by atoms with Gasteiger partial charge in [0.1, 0.15) is 0 Å². The van der Waals surface area contributed by atoms with Crippen molar-refractivity contribution in [3.05, 3.63) is 0 Å². The summed E-state index contributed by atoms with van der Waals surface area (Å²) in [4.78, 5) is 0. The zero-order valence-corrected chi connectivity index (χ0v) is 8.61. The van der Waals surface area contributed by atoms with Crippen LogP contribution in [0.5, 0.6) is 0 Å². The first-order valence-corrected chi connectivity index (χ1v) is 6.18. The van der Waals surface area contributed by atoms with Crippen LogP contribution < -0.4 is 0 Å². The van der Waals surface area contributed by atoms with Gasteiger partial charge < -0.3 is 4.74 Å². The molecule has 0 heterocycles. The molecule has 10 heavy (non-hydrogen) atoms. The Morgan fingerprint density at radius 1 is 1.30 bits per heavy atom. The average Bonchev–Trinajstić information content (AvgIpc) is 1.87. The van der Waals surface area contributed by atoms with Crippen molar-refractivity contribution >= 4 is 7.92 Å². The van der Waals surface area contributed by atoms with Gasteiger partial charge in [-0.05, 0) is 27.2 Å². The van der Waals surface area contributed by atoms with Crippen LogP contribution in [0.4, 0.5) is 0 Å². The largest absolute Gasteiger partial charge is 0.378 e. The zero-order chi connectivity index (χ0) is 8.15. The quantitative estimate of drug-likeness (QED) is 0.577. The third-order valence-corrected chi connectivity index (χ3v) is 3.97. The van der Waals surface area contributed by atoms with Gasteiger partial charge in [-0.2, -0.15) is 0 Å². The molecular formula is C8H19OP. The van der Waals surface area contributed by atoms with E-state index in [9.17, 15) is 0 Å². The minimum atomic E-state index is 0.162. The van der Waals surface area contributed by atoms with Crippen molar-refractivity contribution in [1.29, 1.82) is 0 Å². The average molecular weight is 162 g/mol. The van der Waals surface area contributed by atoms with Crippen molar-refractivity contribution in [2.24, 2.45) is 0 Å². The molecule has 0 radical (unpaired) electrons. The molecule has 62 valence electrons. The molecule has 0 fully saturated rings.